The number of nitrogens with one attached hydrogen (secondary N) is 1. The van der Waals surface area contributed by atoms with Crippen LogP contribution >= 0.6 is 0 Å². The van der Waals surface area contributed by atoms with Crippen LogP contribution in [0.25, 0.3) is 5.57 Å². The van der Waals surface area contributed by atoms with Gasteiger partial charge in [0.1, 0.15) is 0 Å². The Bertz CT molecular complexity index is 410. The molecule has 3 nitrogen and oxygen atoms in total. The number of ether oxygens (including phenoxy) is 1. The van der Waals surface area contributed by atoms with Crippen LogP contribution in [0.2, 0.25) is 0 Å². The first-order chi connectivity index (χ1) is 7.33. The van der Waals surface area contributed by atoms with Crippen LogP contribution in [0.15, 0.2) is 30.5 Å². The lowest BCUT2D eigenvalue weighted by Crippen LogP contribution is -2.18. The highest BCUT2D eigenvalue weighted by Crippen LogP contribution is 2.23. The van der Waals surface area contributed by atoms with Crippen molar-refractivity contribution in [3.63, 3.8) is 0 Å². The van der Waals surface area contributed by atoms with Crippen molar-refractivity contribution in [2.24, 2.45) is 0 Å². The Morgan fingerprint density at radius 3 is 3.07 bits per heavy atom. The minimum atomic E-state index is -0.267. The number of carbonyl (C=O) groups excluding carboxylic acids is 1. The van der Waals surface area contributed by atoms with Gasteiger partial charge >= 0.3 is 5.97 Å². The van der Waals surface area contributed by atoms with E-state index in [1.807, 2.05) is 24.3 Å². The maximum Gasteiger partial charge on any atom is 0.340 e. The SMILES string of the molecule is CCOC(=O)C1=CNCc2ccccc21. The summed E-state index contributed by atoms with van der Waals surface area (Å²) in [5, 5.41) is 3.07. The number of hydrogen-bond acceptors (Lipinski definition) is 3. The maximum absolute atomic E-state index is 11.6. The molecule has 15 heavy (non-hydrogen) atoms. The van der Waals surface area contributed by atoms with Gasteiger partial charge in [0.15, 0.2) is 0 Å². The van der Waals surface area contributed by atoms with Gasteiger partial charge in [-0.05, 0) is 18.1 Å². The van der Waals surface area contributed by atoms with Crippen LogP contribution in [-0.2, 0) is 16.1 Å². The molecule has 1 aliphatic heterocycles. The van der Waals surface area contributed by atoms with E-state index in [-0.39, 0.29) is 5.97 Å². The third kappa shape index (κ3) is 1.86. The van der Waals surface area contributed by atoms with Gasteiger partial charge in [0.2, 0.25) is 0 Å². The van der Waals surface area contributed by atoms with Crippen molar-refractivity contribution in [3.8, 4) is 0 Å². The lowest BCUT2D eigenvalue weighted by atomic mass is 9.98. The third-order valence-corrected chi connectivity index (χ3v) is 2.34. The Hall–Kier alpha value is -1.77. The first-order valence-electron chi connectivity index (χ1n) is 5.02. The van der Waals surface area contributed by atoms with Gasteiger partial charge in [-0.3, -0.25) is 0 Å². The van der Waals surface area contributed by atoms with Gasteiger partial charge in [0.25, 0.3) is 0 Å². The van der Waals surface area contributed by atoms with E-state index in [2.05, 4.69) is 5.32 Å². The molecule has 0 amide bonds. The van der Waals surface area contributed by atoms with Crippen LogP contribution in [0, 0.1) is 0 Å². The lowest BCUT2D eigenvalue weighted by Gasteiger charge is -2.17. The average Bonchev–Trinajstić information content (AvgIpc) is 2.28. The number of esters is 1. The zero-order valence-electron chi connectivity index (χ0n) is 8.62. The molecule has 0 saturated carbocycles. The van der Waals surface area contributed by atoms with E-state index in [1.54, 1.807) is 13.1 Å². The highest BCUT2D eigenvalue weighted by Gasteiger charge is 2.18. The molecule has 0 fully saturated rings. The molecule has 1 heterocycles. The monoisotopic (exact) mass is 203 g/mol. The number of hydrogen-bond donors (Lipinski definition) is 1. The number of carbonyl (C=O) groups is 1. The molecule has 1 aromatic rings. The molecule has 2 rings (SSSR count). The molecule has 0 aliphatic carbocycles. The Morgan fingerprint density at radius 1 is 1.47 bits per heavy atom. The molecule has 0 radical (unpaired) electrons. The van der Waals surface area contributed by atoms with Gasteiger partial charge in [-0.25, -0.2) is 4.79 Å². The molecule has 0 saturated heterocycles. The van der Waals surface area contributed by atoms with Crippen molar-refractivity contribution in [2.75, 3.05) is 6.61 Å². The van der Waals surface area contributed by atoms with Crippen LogP contribution in [0.3, 0.4) is 0 Å². The van der Waals surface area contributed by atoms with Crippen molar-refractivity contribution in [1.82, 2.24) is 5.32 Å². The third-order valence-electron chi connectivity index (χ3n) is 2.34. The molecule has 0 unspecified atom stereocenters. The lowest BCUT2D eigenvalue weighted by molar-refractivity contribution is -0.136. The van der Waals surface area contributed by atoms with Crippen LogP contribution in [-0.4, -0.2) is 12.6 Å². The van der Waals surface area contributed by atoms with Crippen LogP contribution < -0.4 is 5.32 Å². The van der Waals surface area contributed by atoms with Gasteiger partial charge < -0.3 is 10.1 Å². The van der Waals surface area contributed by atoms with Gasteiger partial charge in [-0.15, -0.1) is 0 Å². The van der Waals surface area contributed by atoms with E-state index >= 15 is 0 Å². The molecular weight excluding hydrogens is 190 g/mol. The fourth-order valence-corrected chi connectivity index (χ4v) is 1.66. The van der Waals surface area contributed by atoms with E-state index in [1.165, 1.54) is 0 Å². The fourth-order valence-electron chi connectivity index (χ4n) is 1.66. The second-order valence-corrected chi connectivity index (χ2v) is 3.32. The number of fused-ring (bicyclic) bond motifs is 1. The van der Waals surface area contributed by atoms with Crippen LogP contribution in [0.4, 0.5) is 0 Å². The van der Waals surface area contributed by atoms with E-state index < -0.39 is 0 Å². The minimum absolute atomic E-state index is 0.267. The summed E-state index contributed by atoms with van der Waals surface area (Å²) in [7, 11) is 0. The van der Waals surface area contributed by atoms with Gasteiger partial charge in [0.05, 0.1) is 12.2 Å². The largest absolute Gasteiger partial charge is 0.462 e. The van der Waals surface area contributed by atoms with Gasteiger partial charge in [-0.2, -0.15) is 0 Å². The predicted octanol–water partition coefficient (Wildman–Crippen LogP) is 1.69. The van der Waals surface area contributed by atoms with Gasteiger partial charge in [0, 0.05) is 12.7 Å². The summed E-state index contributed by atoms with van der Waals surface area (Å²) in [4.78, 5) is 11.6. The Labute approximate surface area is 88.8 Å². The quantitative estimate of drug-likeness (QED) is 0.743. The molecule has 1 aromatic carbocycles. The molecule has 0 atom stereocenters. The molecule has 0 spiro atoms. The molecule has 1 N–H and O–H groups in total. The zero-order chi connectivity index (χ0) is 10.7. The molecule has 1 aliphatic rings. The topological polar surface area (TPSA) is 38.3 Å². The van der Waals surface area contributed by atoms with Crippen molar-refractivity contribution in [3.05, 3.63) is 41.6 Å². The van der Waals surface area contributed by atoms with Gasteiger partial charge in [-0.1, -0.05) is 24.3 Å². The summed E-state index contributed by atoms with van der Waals surface area (Å²) in [5.41, 5.74) is 2.71. The summed E-state index contributed by atoms with van der Waals surface area (Å²) in [6.07, 6.45) is 1.72. The normalized spacial score (nSPS) is 13.5. The van der Waals surface area contributed by atoms with Crippen LogP contribution in [0.5, 0.6) is 0 Å². The fraction of sp³-hybridized carbons (Fsp3) is 0.250. The van der Waals surface area contributed by atoms with Crippen molar-refractivity contribution < 1.29 is 9.53 Å². The van der Waals surface area contributed by atoms with Crippen LogP contribution in [0.1, 0.15) is 18.1 Å². The summed E-state index contributed by atoms with van der Waals surface area (Å²) >= 11 is 0. The summed E-state index contributed by atoms with van der Waals surface area (Å²) in [6.45, 7) is 2.97. The zero-order valence-corrected chi connectivity index (χ0v) is 8.62. The average molecular weight is 203 g/mol. The summed E-state index contributed by atoms with van der Waals surface area (Å²) < 4.78 is 4.99. The standard InChI is InChI=1S/C12H13NO2/c1-2-15-12(14)11-8-13-7-9-5-3-4-6-10(9)11/h3-6,8,13H,2,7H2,1H3. The van der Waals surface area contributed by atoms with E-state index in [0.29, 0.717) is 12.2 Å². The van der Waals surface area contributed by atoms with Crippen molar-refractivity contribution in [2.45, 2.75) is 13.5 Å². The van der Waals surface area contributed by atoms with E-state index in [9.17, 15) is 4.79 Å². The maximum atomic E-state index is 11.6. The Balaban J connectivity index is 2.34. The second-order valence-electron chi connectivity index (χ2n) is 3.32. The van der Waals surface area contributed by atoms with E-state index in [0.717, 1.165) is 17.7 Å². The Kier molecular flexibility index (Phi) is 2.72. The molecule has 0 bridgehead atoms. The molecule has 78 valence electrons. The van der Waals surface area contributed by atoms with Crippen molar-refractivity contribution >= 4 is 11.5 Å². The molecular formula is C12H13NO2. The highest BCUT2D eigenvalue weighted by atomic mass is 16.5. The Morgan fingerprint density at radius 2 is 2.27 bits per heavy atom. The van der Waals surface area contributed by atoms with E-state index in [4.69, 9.17) is 4.74 Å². The number of benzene rings is 1. The number of rotatable bonds is 2. The predicted molar refractivity (Wildman–Crippen MR) is 57.9 cm³/mol. The first-order valence-corrected chi connectivity index (χ1v) is 5.02. The second kappa shape index (κ2) is 4.17. The first kappa shape index (κ1) is 9.77. The molecule has 3 heteroatoms. The molecule has 0 aromatic heterocycles. The summed E-state index contributed by atoms with van der Waals surface area (Å²) in [5.74, 6) is -0.267. The summed E-state index contributed by atoms with van der Waals surface area (Å²) in [6, 6.07) is 7.85. The minimum Gasteiger partial charge on any atom is -0.462 e. The van der Waals surface area contributed by atoms with Crippen molar-refractivity contribution in [1.29, 1.82) is 0 Å². The smallest absolute Gasteiger partial charge is 0.340 e. The highest BCUT2D eigenvalue weighted by molar-refractivity contribution is 6.17.